The lowest BCUT2D eigenvalue weighted by molar-refractivity contribution is 0.101. The molecule has 0 saturated carbocycles. The second-order valence-electron chi connectivity index (χ2n) is 6.02. The van der Waals surface area contributed by atoms with Crippen LogP contribution in [0.15, 0.2) is 48.1 Å². The van der Waals surface area contributed by atoms with Gasteiger partial charge >= 0.3 is 0 Å². The highest BCUT2D eigenvalue weighted by molar-refractivity contribution is 6.11. The van der Waals surface area contributed by atoms with E-state index in [-0.39, 0.29) is 17.1 Å². The number of ketones is 1. The SMILES string of the molecule is CC1(C)C=C2C(=O)c3ccccc3CC2C=CC1. The van der Waals surface area contributed by atoms with E-state index in [0.717, 1.165) is 24.0 Å². The van der Waals surface area contributed by atoms with Gasteiger partial charge in [0.25, 0.3) is 0 Å². The summed E-state index contributed by atoms with van der Waals surface area (Å²) in [7, 11) is 0. The van der Waals surface area contributed by atoms with Crippen molar-refractivity contribution in [1.29, 1.82) is 0 Å². The number of hydrogen-bond acceptors (Lipinski definition) is 1. The third kappa shape index (κ3) is 1.84. The predicted molar refractivity (Wildman–Crippen MR) is 73.6 cm³/mol. The van der Waals surface area contributed by atoms with Gasteiger partial charge in [-0.25, -0.2) is 0 Å². The minimum absolute atomic E-state index is 0.0858. The Morgan fingerprint density at radius 2 is 2.00 bits per heavy atom. The van der Waals surface area contributed by atoms with Crippen molar-refractivity contribution in [3.05, 3.63) is 59.2 Å². The molecule has 1 nitrogen and oxygen atoms in total. The van der Waals surface area contributed by atoms with Crippen LogP contribution < -0.4 is 0 Å². The average molecular weight is 238 g/mol. The molecular formula is C17H18O. The number of rotatable bonds is 0. The van der Waals surface area contributed by atoms with Crippen LogP contribution in [0.1, 0.15) is 36.2 Å². The first-order valence-electron chi connectivity index (χ1n) is 6.59. The van der Waals surface area contributed by atoms with Gasteiger partial charge in [0.2, 0.25) is 0 Å². The molecule has 0 radical (unpaired) electrons. The number of carbonyl (C=O) groups excluding carboxylic acids is 1. The third-order valence-corrected chi connectivity index (χ3v) is 3.92. The van der Waals surface area contributed by atoms with E-state index in [2.05, 4.69) is 38.1 Å². The number of hydrogen-bond donors (Lipinski definition) is 0. The summed E-state index contributed by atoms with van der Waals surface area (Å²) in [5.74, 6) is 0.496. The van der Waals surface area contributed by atoms with Crippen LogP contribution >= 0.6 is 0 Å². The summed E-state index contributed by atoms with van der Waals surface area (Å²) >= 11 is 0. The lowest BCUT2D eigenvalue weighted by atomic mass is 9.77. The first-order chi connectivity index (χ1) is 8.57. The molecular weight excluding hydrogens is 220 g/mol. The standard InChI is InChI=1S/C17H18O/c1-17(2)9-5-7-13-10-12-6-3-4-8-14(12)16(18)15(13)11-17/h3-8,11,13H,9-10H2,1-2H3. The van der Waals surface area contributed by atoms with E-state index < -0.39 is 0 Å². The first-order valence-corrected chi connectivity index (χ1v) is 6.59. The van der Waals surface area contributed by atoms with Gasteiger partial charge < -0.3 is 0 Å². The van der Waals surface area contributed by atoms with E-state index in [0.29, 0.717) is 0 Å². The molecule has 0 heterocycles. The third-order valence-electron chi connectivity index (χ3n) is 3.92. The summed E-state index contributed by atoms with van der Waals surface area (Å²) in [4.78, 5) is 12.6. The quantitative estimate of drug-likeness (QED) is 0.625. The van der Waals surface area contributed by atoms with Crippen LogP contribution in [0, 0.1) is 11.3 Å². The number of carbonyl (C=O) groups is 1. The Morgan fingerprint density at radius 1 is 1.22 bits per heavy atom. The highest BCUT2D eigenvalue weighted by Crippen LogP contribution is 2.37. The second kappa shape index (κ2) is 3.94. The maximum absolute atomic E-state index is 12.6. The number of allylic oxidation sites excluding steroid dienone is 4. The normalized spacial score (nSPS) is 24.9. The molecule has 0 aromatic heterocycles. The van der Waals surface area contributed by atoms with Gasteiger partial charge in [0.05, 0.1) is 0 Å². The smallest absolute Gasteiger partial charge is 0.189 e. The molecule has 1 unspecified atom stereocenters. The van der Waals surface area contributed by atoms with E-state index in [1.807, 2.05) is 18.2 Å². The van der Waals surface area contributed by atoms with Crippen LogP contribution in [-0.2, 0) is 6.42 Å². The van der Waals surface area contributed by atoms with Crippen molar-refractivity contribution in [2.45, 2.75) is 26.7 Å². The summed E-state index contributed by atoms with van der Waals surface area (Å²) in [6.45, 7) is 4.39. The monoisotopic (exact) mass is 238 g/mol. The zero-order valence-electron chi connectivity index (χ0n) is 10.9. The van der Waals surface area contributed by atoms with Crippen molar-refractivity contribution in [2.24, 2.45) is 11.3 Å². The molecule has 0 amide bonds. The first kappa shape index (κ1) is 11.5. The predicted octanol–water partition coefficient (Wildman–Crippen LogP) is 3.95. The minimum Gasteiger partial charge on any atom is -0.289 e. The summed E-state index contributed by atoms with van der Waals surface area (Å²) in [6, 6.07) is 8.00. The van der Waals surface area contributed by atoms with Crippen molar-refractivity contribution in [2.75, 3.05) is 0 Å². The van der Waals surface area contributed by atoms with Crippen molar-refractivity contribution in [1.82, 2.24) is 0 Å². The zero-order valence-corrected chi connectivity index (χ0v) is 10.9. The molecule has 0 N–H and O–H groups in total. The molecule has 18 heavy (non-hydrogen) atoms. The van der Waals surface area contributed by atoms with Crippen LogP contribution in [0.25, 0.3) is 0 Å². The Hall–Kier alpha value is -1.63. The Labute approximate surface area is 108 Å². The molecule has 0 fully saturated rings. The second-order valence-corrected chi connectivity index (χ2v) is 6.02. The van der Waals surface area contributed by atoms with Gasteiger partial charge in [-0.2, -0.15) is 0 Å². The maximum Gasteiger partial charge on any atom is 0.189 e. The lowest BCUT2D eigenvalue weighted by Crippen LogP contribution is -2.23. The molecule has 1 atom stereocenters. The molecule has 92 valence electrons. The summed E-state index contributed by atoms with van der Waals surface area (Å²) in [5, 5.41) is 0. The highest BCUT2D eigenvalue weighted by Gasteiger charge is 2.31. The minimum atomic E-state index is 0.0858. The van der Waals surface area contributed by atoms with Crippen molar-refractivity contribution in [3.8, 4) is 0 Å². The van der Waals surface area contributed by atoms with Crippen LogP contribution in [-0.4, -0.2) is 5.78 Å². The molecule has 0 saturated heterocycles. The van der Waals surface area contributed by atoms with Crippen LogP contribution in [0.5, 0.6) is 0 Å². The van der Waals surface area contributed by atoms with Crippen LogP contribution in [0.4, 0.5) is 0 Å². The van der Waals surface area contributed by atoms with Crippen LogP contribution in [0.2, 0.25) is 0 Å². The fraction of sp³-hybridized carbons (Fsp3) is 0.353. The van der Waals surface area contributed by atoms with Crippen LogP contribution in [0.3, 0.4) is 0 Å². The van der Waals surface area contributed by atoms with E-state index >= 15 is 0 Å². The van der Waals surface area contributed by atoms with E-state index in [1.54, 1.807) is 0 Å². The molecule has 0 spiro atoms. The maximum atomic E-state index is 12.6. The number of Topliss-reactive ketones (excluding diaryl/α,β-unsaturated/α-hetero) is 1. The fourth-order valence-electron chi connectivity index (χ4n) is 2.95. The average Bonchev–Trinajstić information content (AvgIpc) is 2.48. The Balaban J connectivity index is 2.14. The summed E-state index contributed by atoms with van der Waals surface area (Å²) in [5.41, 5.74) is 3.16. The van der Waals surface area contributed by atoms with Gasteiger partial charge in [-0.05, 0) is 23.8 Å². The Kier molecular flexibility index (Phi) is 2.51. The molecule has 1 aromatic rings. The van der Waals surface area contributed by atoms with E-state index in [9.17, 15) is 4.79 Å². The highest BCUT2D eigenvalue weighted by atomic mass is 16.1. The largest absolute Gasteiger partial charge is 0.289 e. The fourth-order valence-corrected chi connectivity index (χ4v) is 2.95. The molecule has 2 aliphatic carbocycles. The zero-order chi connectivity index (χ0) is 12.8. The molecule has 0 aliphatic heterocycles. The van der Waals surface area contributed by atoms with E-state index in [4.69, 9.17) is 0 Å². The summed E-state index contributed by atoms with van der Waals surface area (Å²) < 4.78 is 0. The van der Waals surface area contributed by atoms with Gasteiger partial charge in [-0.3, -0.25) is 4.79 Å². The van der Waals surface area contributed by atoms with Gasteiger partial charge in [0.1, 0.15) is 0 Å². The van der Waals surface area contributed by atoms with Gasteiger partial charge in [0, 0.05) is 17.1 Å². The Bertz CT molecular complexity index is 561. The van der Waals surface area contributed by atoms with Crippen molar-refractivity contribution >= 4 is 5.78 Å². The number of fused-ring (bicyclic) bond motifs is 2. The van der Waals surface area contributed by atoms with E-state index in [1.165, 1.54) is 5.56 Å². The topological polar surface area (TPSA) is 17.1 Å². The van der Waals surface area contributed by atoms with Crippen molar-refractivity contribution < 1.29 is 4.79 Å². The van der Waals surface area contributed by atoms with Gasteiger partial charge in [0.15, 0.2) is 5.78 Å². The molecule has 0 bridgehead atoms. The molecule has 2 aliphatic rings. The lowest BCUT2D eigenvalue weighted by Gasteiger charge is -2.25. The molecule has 1 heteroatoms. The Morgan fingerprint density at radius 3 is 2.83 bits per heavy atom. The van der Waals surface area contributed by atoms with Gasteiger partial charge in [-0.1, -0.05) is 56.3 Å². The van der Waals surface area contributed by atoms with Crippen molar-refractivity contribution in [3.63, 3.8) is 0 Å². The van der Waals surface area contributed by atoms with Gasteiger partial charge in [-0.15, -0.1) is 0 Å². The summed E-state index contributed by atoms with van der Waals surface area (Å²) in [6.07, 6.45) is 8.61. The molecule has 3 rings (SSSR count). The molecule has 1 aromatic carbocycles. The number of benzene rings is 1.